The molecule has 0 amide bonds. The zero-order valence-electron chi connectivity index (χ0n) is 12.4. The first-order valence-electron chi connectivity index (χ1n) is 6.82. The van der Waals surface area contributed by atoms with Crippen LogP contribution in [0.3, 0.4) is 0 Å². The van der Waals surface area contributed by atoms with Gasteiger partial charge in [-0.25, -0.2) is 0 Å². The standard InChI is InChI=1S/C15H31N/c1-12-8-14(3,4)10-13(2)16(7)11-15(5,6)9-12/h12-13H,8-11H2,1-7H3. The van der Waals surface area contributed by atoms with E-state index in [0.717, 1.165) is 5.92 Å². The molecule has 1 heteroatoms. The van der Waals surface area contributed by atoms with E-state index in [2.05, 4.69) is 53.5 Å². The molecule has 1 aliphatic rings. The van der Waals surface area contributed by atoms with E-state index in [1.54, 1.807) is 0 Å². The average Bonchev–Trinajstić information content (AvgIpc) is 1.98. The zero-order chi connectivity index (χ0) is 12.6. The van der Waals surface area contributed by atoms with E-state index >= 15 is 0 Å². The molecule has 0 spiro atoms. The Morgan fingerprint density at radius 2 is 1.38 bits per heavy atom. The molecule has 0 N–H and O–H groups in total. The Kier molecular flexibility index (Phi) is 4.10. The minimum Gasteiger partial charge on any atom is -0.303 e. The van der Waals surface area contributed by atoms with Gasteiger partial charge in [0.25, 0.3) is 0 Å². The first-order valence-corrected chi connectivity index (χ1v) is 6.82. The van der Waals surface area contributed by atoms with E-state index in [9.17, 15) is 0 Å². The molecule has 0 bridgehead atoms. The lowest BCUT2D eigenvalue weighted by atomic mass is 9.75. The van der Waals surface area contributed by atoms with Gasteiger partial charge in [0.05, 0.1) is 0 Å². The highest BCUT2D eigenvalue weighted by atomic mass is 15.1. The normalized spacial score (nSPS) is 36.2. The zero-order valence-corrected chi connectivity index (χ0v) is 12.4. The van der Waals surface area contributed by atoms with Gasteiger partial charge in [0.2, 0.25) is 0 Å². The second kappa shape index (κ2) is 4.68. The van der Waals surface area contributed by atoms with Gasteiger partial charge < -0.3 is 4.90 Å². The number of hydrogen-bond donors (Lipinski definition) is 0. The van der Waals surface area contributed by atoms with Crippen molar-refractivity contribution >= 4 is 0 Å². The van der Waals surface area contributed by atoms with Crippen LogP contribution in [0, 0.1) is 16.7 Å². The molecule has 0 aromatic rings. The Morgan fingerprint density at radius 3 is 1.94 bits per heavy atom. The van der Waals surface area contributed by atoms with Crippen LogP contribution < -0.4 is 0 Å². The van der Waals surface area contributed by atoms with Gasteiger partial charge in [-0.1, -0.05) is 34.6 Å². The Balaban J connectivity index is 2.84. The molecular weight excluding hydrogens is 194 g/mol. The molecule has 1 nitrogen and oxygen atoms in total. The first kappa shape index (κ1) is 14.0. The molecule has 0 aromatic heterocycles. The molecular formula is C15H31N. The second-order valence-corrected chi connectivity index (χ2v) is 7.81. The molecule has 1 heterocycles. The SMILES string of the molecule is CC1CC(C)(C)CC(C)N(C)CC(C)(C)C1. The fourth-order valence-corrected chi connectivity index (χ4v) is 3.89. The Hall–Kier alpha value is -0.0400. The molecule has 2 unspecified atom stereocenters. The highest BCUT2D eigenvalue weighted by Gasteiger charge is 2.32. The molecule has 2 atom stereocenters. The van der Waals surface area contributed by atoms with Crippen LogP contribution >= 0.6 is 0 Å². The minimum absolute atomic E-state index is 0.461. The second-order valence-electron chi connectivity index (χ2n) is 7.81. The van der Waals surface area contributed by atoms with Crippen molar-refractivity contribution < 1.29 is 0 Å². The van der Waals surface area contributed by atoms with E-state index in [0.29, 0.717) is 16.9 Å². The lowest BCUT2D eigenvalue weighted by Gasteiger charge is -2.34. The molecule has 1 fully saturated rings. The maximum absolute atomic E-state index is 2.56. The highest BCUT2D eigenvalue weighted by molar-refractivity contribution is 4.85. The summed E-state index contributed by atoms with van der Waals surface area (Å²) in [7, 11) is 2.29. The van der Waals surface area contributed by atoms with Gasteiger partial charge in [0.15, 0.2) is 0 Å². The van der Waals surface area contributed by atoms with Gasteiger partial charge in [-0.2, -0.15) is 0 Å². The highest BCUT2D eigenvalue weighted by Crippen LogP contribution is 2.39. The van der Waals surface area contributed by atoms with Crippen molar-refractivity contribution in [2.45, 2.75) is 66.8 Å². The summed E-state index contributed by atoms with van der Waals surface area (Å²) in [4.78, 5) is 2.56. The third-order valence-corrected chi connectivity index (χ3v) is 4.08. The Bertz CT molecular complexity index is 206. The van der Waals surface area contributed by atoms with Gasteiger partial charge in [-0.15, -0.1) is 0 Å². The number of hydrogen-bond acceptors (Lipinski definition) is 1. The van der Waals surface area contributed by atoms with Gasteiger partial charge in [0.1, 0.15) is 0 Å². The molecule has 0 radical (unpaired) electrons. The van der Waals surface area contributed by atoms with Crippen LogP contribution in [0.25, 0.3) is 0 Å². The molecule has 0 saturated carbocycles. The average molecular weight is 225 g/mol. The van der Waals surface area contributed by atoms with E-state index in [4.69, 9.17) is 0 Å². The molecule has 1 aliphatic heterocycles. The van der Waals surface area contributed by atoms with E-state index in [-0.39, 0.29) is 0 Å². The maximum Gasteiger partial charge on any atom is 0.00691 e. The summed E-state index contributed by atoms with van der Waals surface area (Å²) >= 11 is 0. The van der Waals surface area contributed by atoms with Crippen molar-refractivity contribution in [3.8, 4) is 0 Å². The quantitative estimate of drug-likeness (QED) is 0.598. The monoisotopic (exact) mass is 225 g/mol. The summed E-state index contributed by atoms with van der Waals surface area (Å²) in [6, 6.07) is 0.708. The van der Waals surface area contributed by atoms with Crippen molar-refractivity contribution in [3.05, 3.63) is 0 Å². The summed E-state index contributed by atoms with van der Waals surface area (Å²) in [5, 5.41) is 0. The van der Waals surface area contributed by atoms with Crippen LogP contribution in [0.4, 0.5) is 0 Å². The van der Waals surface area contributed by atoms with Crippen molar-refractivity contribution in [2.24, 2.45) is 16.7 Å². The predicted octanol–water partition coefficient (Wildman–Crippen LogP) is 4.18. The van der Waals surface area contributed by atoms with Gasteiger partial charge in [0, 0.05) is 12.6 Å². The lowest BCUT2D eigenvalue weighted by molar-refractivity contribution is 0.144. The fraction of sp³-hybridized carbons (Fsp3) is 1.00. The topological polar surface area (TPSA) is 3.24 Å². The summed E-state index contributed by atoms with van der Waals surface area (Å²) < 4.78 is 0. The smallest absolute Gasteiger partial charge is 0.00691 e. The predicted molar refractivity (Wildman–Crippen MR) is 72.7 cm³/mol. The summed E-state index contributed by atoms with van der Waals surface area (Å²) in [6.07, 6.45) is 4.05. The van der Waals surface area contributed by atoms with E-state index in [1.165, 1.54) is 25.8 Å². The van der Waals surface area contributed by atoms with Gasteiger partial charge >= 0.3 is 0 Å². The van der Waals surface area contributed by atoms with Gasteiger partial charge in [-0.3, -0.25) is 0 Å². The minimum atomic E-state index is 0.461. The first-order chi connectivity index (χ1) is 7.11. The summed E-state index contributed by atoms with van der Waals surface area (Å²) in [5.41, 5.74) is 0.955. The van der Waals surface area contributed by atoms with Crippen molar-refractivity contribution in [3.63, 3.8) is 0 Å². The third kappa shape index (κ3) is 4.08. The molecule has 1 saturated heterocycles. The number of nitrogens with zero attached hydrogens (tertiary/aromatic N) is 1. The van der Waals surface area contributed by atoms with Crippen LogP contribution in [0.2, 0.25) is 0 Å². The van der Waals surface area contributed by atoms with Crippen LogP contribution in [0.15, 0.2) is 0 Å². The molecule has 0 aromatic carbocycles. The molecule has 16 heavy (non-hydrogen) atoms. The Labute approximate surface area is 103 Å². The van der Waals surface area contributed by atoms with Crippen molar-refractivity contribution in [1.82, 2.24) is 4.90 Å². The van der Waals surface area contributed by atoms with Crippen molar-refractivity contribution in [2.75, 3.05) is 13.6 Å². The van der Waals surface area contributed by atoms with Crippen LogP contribution in [-0.2, 0) is 0 Å². The number of rotatable bonds is 0. The fourth-order valence-electron chi connectivity index (χ4n) is 3.89. The van der Waals surface area contributed by atoms with Gasteiger partial charge in [-0.05, 0) is 50.0 Å². The third-order valence-electron chi connectivity index (χ3n) is 4.08. The van der Waals surface area contributed by atoms with Crippen molar-refractivity contribution in [1.29, 1.82) is 0 Å². The lowest BCUT2D eigenvalue weighted by Crippen LogP contribution is -2.38. The summed E-state index contributed by atoms with van der Waals surface area (Å²) in [6.45, 7) is 15.8. The largest absolute Gasteiger partial charge is 0.303 e. The van der Waals surface area contributed by atoms with E-state index in [1.807, 2.05) is 0 Å². The summed E-state index contributed by atoms with van der Waals surface area (Å²) in [5.74, 6) is 0.851. The van der Waals surface area contributed by atoms with E-state index < -0.39 is 0 Å². The Morgan fingerprint density at radius 1 is 0.875 bits per heavy atom. The molecule has 1 rings (SSSR count). The van der Waals surface area contributed by atoms with Crippen LogP contribution in [0.1, 0.15) is 60.8 Å². The van der Waals surface area contributed by atoms with Crippen LogP contribution in [0.5, 0.6) is 0 Å². The molecule has 0 aliphatic carbocycles. The maximum atomic E-state index is 2.56. The van der Waals surface area contributed by atoms with Crippen LogP contribution in [-0.4, -0.2) is 24.5 Å². The molecule has 96 valence electrons.